The Kier molecular flexibility index (Phi) is 10.0. The number of hydrogen-bond acceptors (Lipinski definition) is 1. The third kappa shape index (κ3) is 7.39. The summed E-state index contributed by atoms with van der Waals surface area (Å²) in [5.41, 5.74) is 0. The molecule has 1 aliphatic heterocycles. The third-order valence-corrected chi connectivity index (χ3v) is 5.22. The second-order valence-electron chi connectivity index (χ2n) is 6.78. The summed E-state index contributed by atoms with van der Waals surface area (Å²) < 4.78 is 6.31. The van der Waals surface area contributed by atoms with E-state index >= 15 is 0 Å². The first-order chi connectivity index (χ1) is 10.1. The molecule has 124 valence electrons. The van der Waals surface area contributed by atoms with Gasteiger partial charge in [-0.2, -0.15) is 0 Å². The largest absolute Gasteiger partial charge is 0.375 e. The van der Waals surface area contributed by atoms with E-state index in [0.29, 0.717) is 23.8 Å². The average molecular weight is 335 g/mol. The fourth-order valence-electron chi connectivity index (χ4n) is 3.15. The average Bonchev–Trinajstić information content (AvgIpc) is 2.42. The molecule has 0 spiro atoms. The van der Waals surface area contributed by atoms with Gasteiger partial charge < -0.3 is 4.74 Å². The predicted molar refractivity (Wildman–Crippen MR) is 94.5 cm³/mol. The number of ether oxygens (including phenoxy) is 1. The summed E-state index contributed by atoms with van der Waals surface area (Å²) in [6.07, 6.45) is 12.0. The van der Waals surface area contributed by atoms with Gasteiger partial charge in [-0.25, -0.2) is 0 Å². The molecule has 0 aromatic rings. The van der Waals surface area contributed by atoms with Crippen LogP contribution in [-0.2, 0) is 4.74 Å². The van der Waals surface area contributed by atoms with Crippen LogP contribution in [0.2, 0.25) is 0 Å². The molecule has 3 heteroatoms. The van der Waals surface area contributed by atoms with Crippen molar-refractivity contribution >= 4 is 23.2 Å². The number of allylic oxidation sites excluding steroid dienone is 1. The minimum atomic E-state index is 0.172. The highest BCUT2D eigenvalue weighted by molar-refractivity contribution is 6.22. The lowest BCUT2D eigenvalue weighted by Crippen LogP contribution is -2.43. The topological polar surface area (TPSA) is 9.23 Å². The second-order valence-corrected chi connectivity index (χ2v) is 7.65. The molecule has 0 saturated carbocycles. The van der Waals surface area contributed by atoms with E-state index in [-0.39, 0.29) is 11.5 Å². The van der Waals surface area contributed by atoms with Crippen molar-refractivity contribution in [3.63, 3.8) is 0 Å². The van der Waals surface area contributed by atoms with Crippen molar-refractivity contribution in [2.45, 2.75) is 82.8 Å². The molecule has 1 nitrogen and oxygen atoms in total. The molecular formula is C18H32Cl2O. The first-order valence-corrected chi connectivity index (χ1v) is 9.52. The molecule has 4 atom stereocenters. The van der Waals surface area contributed by atoms with E-state index in [9.17, 15) is 0 Å². The number of hydrogen-bond donors (Lipinski definition) is 0. The molecule has 1 aliphatic rings. The maximum Gasteiger partial charge on any atom is 0.0635 e. The second kappa shape index (κ2) is 10.9. The van der Waals surface area contributed by atoms with E-state index in [1.54, 1.807) is 0 Å². The Bertz CT molecular complexity index is 280. The maximum absolute atomic E-state index is 6.56. The monoisotopic (exact) mass is 334 g/mol. The fourth-order valence-corrected chi connectivity index (χ4v) is 4.11. The third-order valence-electron chi connectivity index (χ3n) is 4.36. The van der Waals surface area contributed by atoms with Gasteiger partial charge >= 0.3 is 0 Å². The smallest absolute Gasteiger partial charge is 0.0635 e. The van der Waals surface area contributed by atoms with Gasteiger partial charge in [0.05, 0.1) is 12.2 Å². The van der Waals surface area contributed by atoms with Crippen molar-refractivity contribution in [1.82, 2.24) is 0 Å². The predicted octanol–water partition coefficient (Wildman–Crippen LogP) is 6.18. The van der Waals surface area contributed by atoms with E-state index in [1.165, 1.54) is 25.7 Å². The molecule has 1 heterocycles. The van der Waals surface area contributed by atoms with Crippen LogP contribution in [0.1, 0.15) is 65.2 Å². The van der Waals surface area contributed by atoms with Crippen LogP contribution in [-0.4, -0.2) is 23.5 Å². The lowest BCUT2D eigenvalue weighted by molar-refractivity contribution is -0.0867. The van der Waals surface area contributed by atoms with Crippen LogP contribution < -0.4 is 0 Å². The summed E-state index contributed by atoms with van der Waals surface area (Å²) in [6, 6.07) is 0. The van der Waals surface area contributed by atoms with E-state index in [2.05, 4.69) is 20.4 Å². The van der Waals surface area contributed by atoms with Crippen molar-refractivity contribution in [2.75, 3.05) is 5.88 Å². The van der Waals surface area contributed by atoms with Crippen molar-refractivity contribution in [3.8, 4) is 0 Å². The summed E-state index contributed by atoms with van der Waals surface area (Å²) in [5.74, 6) is 1.54. The lowest BCUT2D eigenvalue weighted by atomic mass is 9.86. The minimum absolute atomic E-state index is 0.172. The molecule has 0 aromatic carbocycles. The van der Waals surface area contributed by atoms with Gasteiger partial charge in [-0.3, -0.25) is 0 Å². The number of unbranched alkanes of at least 4 members (excludes halogenated alkanes) is 4. The lowest BCUT2D eigenvalue weighted by Gasteiger charge is -2.40. The molecule has 1 saturated heterocycles. The van der Waals surface area contributed by atoms with Gasteiger partial charge in [0.1, 0.15) is 0 Å². The zero-order chi connectivity index (χ0) is 15.7. The van der Waals surface area contributed by atoms with Gasteiger partial charge in [0, 0.05) is 17.2 Å². The van der Waals surface area contributed by atoms with Crippen LogP contribution in [0.15, 0.2) is 12.7 Å². The zero-order valence-electron chi connectivity index (χ0n) is 13.7. The number of alkyl halides is 2. The molecule has 21 heavy (non-hydrogen) atoms. The zero-order valence-corrected chi connectivity index (χ0v) is 15.2. The molecular weight excluding hydrogens is 303 g/mol. The Morgan fingerprint density at radius 3 is 2.57 bits per heavy atom. The summed E-state index contributed by atoms with van der Waals surface area (Å²) in [4.78, 5) is 0. The standard InChI is InChI=1S/C18H32Cl2O/c1-4-5-6-7-8-9-10-15-12-17(20)16(13-19)18(21-15)11-14(2)3/h4,14-18H,1,5-13H2,2-3H3/t15-,16-,17+,18+/m0/s1. The van der Waals surface area contributed by atoms with E-state index in [0.717, 1.165) is 25.7 Å². The Labute approximate surface area is 141 Å². The number of halogens is 2. The van der Waals surface area contributed by atoms with Gasteiger partial charge in [-0.15, -0.1) is 29.8 Å². The van der Waals surface area contributed by atoms with E-state index in [1.807, 2.05) is 6.08 Å². The molecule has 0 radical (unpaired) electrons. The van der Waals surface area contributed by atoms with E-state index in [4.69, 9.17) is 27.9 Å². The molecule has 0 aliphatic carbocycles. The normalized spacial score (nSPS) is 29.8. The molecule has 1 fully saturated rings. The first kappa shape index (κ1) is 19.3. The summed E-state index contributed by atoms with van der Waals surface area (Å²) >= 11 is 12.7. The Morgan fingerprint density at radius 2 is 1.95 bits per heavy atom. The highest BCUT2D eigenvalue weighted by Gasteiger charge is 2.37. The van der Waals surface area contributed by atoms with Crippen LogP contribution in [0.25, 0.3) is 0 Å². The van der Waals surface area contributed by atoms with Crippen molar-refractivity contribution in [3.05, 3.63) is 12.7 Å². The molecule has 0 aromatic heterocycles. The Morgan fingerprint density at radius 1 is 1.24 bits per heavy atom. The molecule has 0 amide bonds. The van der Waals surface area contributed by atoms with Crippen molar-refractivity contribution in [2.24, 2.45) is 11.8 Å². The highest BCUT2D eigenvalue weighted by Crippen LogP contribution is 2.35. The van der Waals surface area contributed by atoms with Crippen molar-refractivity contribution in [1.29, 1.82) is 0 Å². The van der Waals surface area contributed by atoms with Gasteiger partial charge in [-0.1, -0.05) is 39.2 Å². The highest BCUT2D eigenvalue weighted by atomic mass is 35.5. The SMILES string of the molecule is C=CCCCCCC[C@H]1C[C@@H](Cl)[C@H](CCl)[C@@H](CC(C)C)O1. The van der Waals surface area contributed by atoms with Crippen LogP contribution in [0.4, 0.5) is 0 Å². The molecule has 0 N–H and O–H groups in total. The summed E-state index contributed by atoms with van der Waals surface area (Å²) in [6.45, 7) is 8.24. The number of rotatable bonds is 10. The summed E-state index contributed by atoms with van der Waals surface area (Å²) in [5, 5.41) is 0.172. The van der Waals surface area contributed by atoms with E-state index < -0.39 is 0 Å². The van der Waals surface area contributed by atoms with Gasteiger partial charge in [0.15, 0.2) is 0 Å². The Balaban J connectivity index is 2.33. The van der Waals surface area contributed by atoms with Crippen molar-refractivity contribution < 1.29 is 4.74 Å². The molecule has 1 rings (SSSR count). The van der Waals surface area contributed by atoms with Gasteiger partial charge in [0.25, 0.3) is 0 Å². The van der Waals surface area contributed by atoms with Crippen LogP contribution in [0.3, 0.4) is 0 Å². The van der Waals surface area contributed by atoms with Gasteiger partial charge in [0.2, 0.25) is 0 Å². The minimum Gasteiger partial charge on any atom is -0.375 e. The van der Waals surface area contributed by atoms with Crippen LogP contribution in [0.5, 0.6) is 0 Å². The fraction of sp³-hybridized carbons (Fsp3) is 0.889. The first-order valence-electron chi connectivity index (χ1n) is 8.54. The molecule has 0 unspecified atom stereocenters. The Hall–Kier alpha value is 0.280. The molecule has 0 bridgehead atoms. The van der Waals surface area contributed by atoms with Crippen LogP contribution >= 0.6 is 23.2 Å². The van der Waals surface area contributed by atoms with Gasteiger partial charge in [-0.05, 0) is 38.0 Å². The summed E-state index contributed by atoms with van der Waals surface area (Å²) in [7, 11) is 0. The van der Waals surface area contributed by atoms with Crippen LogP contribution in [0, 0.1) is 11.8 Å². The quantitative estimate of drug-likeness (QED) is 0.263. The maximum atomic E-state index is 6.56.